The smallest absolute Gasteiger partial charge is 0.319 e. The molecule has 2 aromatic carbocycles. The molecule has 148 valence electrons. The van der Waals surface area contributed by atoms with Crippen LogP contribution < -0.4 is 15.5 Å². The average Bonchev–Trinajstić information content (AvgIpc) is 2.88. The molecule has 0 saturated carbocycles. The number of fused-ring (bicyclic) bond motifs is 2. The van der Waals surface area contributed by atoms with E-state index in [2.05, 4.69) is 10.6 Å². The Morgan fingerprint density at radius 2 is 1.61 bits per heavy atom. The minimum absolute atomic E-state index is 0.0259. The van der Waals surface area contributed by atoms with Crippen molar-refractivity contribution in [3.05, 3.63) is 65.5 Å². The Balaban J connectivity index is 1.33. The van der Waals surface area contributed by atoms with Crippen molar-refractivity contribution in [3.8, 4) is 0 Å². The highest BCUT2D eigenvalue weighted by atomic mass is 19.1. The van der Waals surface area contributed by atoms with Crippen LogP contribution in [0.1, 0.15) is 31.2 Å². The summed E-state index contributed by atoms with van der Waals surface area (Å²) in [6.45, 7) is 0.856. The topological polar surface area (TPSA) is 45.6 Å². The molecule has 2 aromatic rings. The van der Waals surface area contributed by atoms with E-state index in [1.54, 1.807) is 0 Å². The van der Waals surface area contributed by atoms with E-state index < -0.39 is 17.7 Å². The fourth-order valence-corrected chi connectivity index (χ4v) is 4.61. The van der Waals surface area contributed by atoms with Crippen molar-refractivity contribution in [1.82, 2.24) is 5.32 Å². The van der Waals surface area contributed by atoms with Crippen molar-refractivity contribution in [2.75, 3.05) is 5.32 Å². The zero-order valence-electron chi connectivity index (χ0n) is 15.4. The fourth-order valence-electron chi connectivity index (χ4n) is 4.61. The number of hydrogen-bond acceptors (Lipinski definition) is 1. The van der Waals surface area contributed by atoms with Crippen LogP contribution in [0.15, 0.2) is 42.5 Å². The highest BCUT2D eigenvalue weighted by Crippen LogP contribution is 2.24. The normalized spacial score (nSPS) is 26.1. The lowest BCUT2D eigenvalue weighted by Gasteiger charge is -2.36. The van der Waals surface area contributed by atoms with Crippen LogP contribution in [0.25, 0.3) is 0 Å². The molecule has 28 heavy (non-hydrogen) atoms. The van der Waals surface area contributed by atoms with Gasteiger partial charge < -0.3 is 15.5 Å². The van der Waals surface area contributed by atoms with Crippen molar-refractivity contribution in [3.63, 3.8) is 0 Å². The first-order valence-electron chi connectivity index (χ1n) is 9.60. The molecule has 2 heterocycles. The molecule has 0 radical (unpaired) electrons. The van der Waals surface area contributed by atoms with Crippen LogP contribution in [0.4, 0.5) is 23.7 Å². The van der Waals surface area contributed by atoms with E-state index in [0.29, 0.717) is 12.1 Å². The monoisotopic (exact) mass is 390 g/mol. The molecule has 2 aliphatic heterocycles. The Morgan fingerprint density at radius 3 is 2.25 bits per heavy atom. The van der Waals surface area contributed by atoms with Gasteiger partial charge in [0, 0.05) is 43.4 Å². The van der Waals surface area contributed by atoms with Gasteiger partial charge in [0.15, 0.2) is 0 Å². The van der Waals surface area contributed by atoms with Crippen molar-refractivity contribution >= 4 is 11.7 Å². The Hall–Kier alpha value is -2.54. The van der Waals surface area contributed by atoms with Gasteiger partial charge in [0.25, 0.3) is 0 Å². The van der Waals surface area contributed by atoms with Crippen LogP contribution in [0, 0.1) is 17.5 Å². The zero-order valence-corrected chi connectivity index (χ0v) is 15.4. The van der Waals surface area contributed by atoms with Crippen LogP contribution in [-0.4, -0.2) is 24.2 Å². The Labute approximate surface area is 161 Å². The number of carbonyl (C=O) groups excluding carboxylic acids is 1. The Kier molecular flexibility index (Phi) is 5.26. The van der Waals surface area contributed by atoms with Gasteiger partial charge in [-0.2, -0.15) is 0 Å². The summed E-state index contributed by atoms with van der Waals surface area (Å²) < 4.78 is 39.8. The van der Waals surface area contributed by atoms with Crippen LogP contribution in [0.2, 0.25) is 0 Å². The lowest BCUT2D eigenvalue weighted by Crippen LogP contribution is -3.17. The molecule has 2 fully saturated rings. The summed E-state index contributed by atoms with van der Waals surface area (Å²) in [6.07, 6.45) is 3.92. The van der Waals surface area contributed by atoms with Crippen LogP contribution in [-0.2, 0) is 6.54 Å². The van der Waals surface area contributed by atoms with E-state index in [1.807, 2.05) is 12.1 Å². The highest BCUT2D eigenvalue weighted by molar-refractivity contribution is 5.89. The van der Waals surface area contributed by atoms with Gasteiger partial charge in [-0.3, -0.25) is 0 Å². The number of quaternary nitrogens is 1. The van der Waals surface area contributed by atoms with E-state index in [4.69, 9.17) is 0 Å². The van der Waals surface area contributed by atoms with Gasteiger partial charge >= 0.3 is 6.03 Å². The SMILES string of the molecule is O=C(Nc1ccc(F)cc1F)NC1C[C@H]2CC[C@@H](C1)[NH+]2Cc1ccc(F)cc1. The predicted octanol–water partition coefficient (Wildman–Crippen LogP) is 3.00. The third-order valence-electron chi connectivity index (χ3n) is 5.89. The number of benzene rings is 2. The number of piperidine rings is 1. The number of rotatable bonds is 4. The number of nitrogens with one attached hydrogen (secondary N) is 3. The van der Waals surface area contributed by atoms with Crippen LogP contribution >= 0.6 is 0 Å². The molecule has 2 unspecified atom stereocenters. The molecule has 2 amide bonds. The first-order chi connectivity index (χ1) is 13.5. The molecule has 4 atom stereocenters. The van der Waals surface area contributed by atoms with E-state index >= 15 is 0 Å². The fraction of sp³-hybridized carbons (Fsp3) is 0.381. The van der Waals surface area contributed by atoms with Gasteiger partial charge in [-0.15, -0.1) is 0 Å². The molecule has 3 N–H and O–H groups in total. The lowest BCUT2D eigenvalue weighted by atomic mass is 9.96. The van der Waals surface area contributed by atoms with E-state index in [-0.39, 0.29) is 17.5 Å². The number of anilines is 1. The van der Waals surface area contributed by atoms with Gasteiger partial charge in [-0.05, 0) is 24.3 Å². The number of amides is 2. The molecule has 7 heteroatoms. The minimum Gasteiger partial charge on any atom is -0.335 e. The van der Waals surface area contributed by atoms with Crippen LogP contribution in [0.5, 0.6) is 0 Å². The Morgan fingerprint density at radius 1 is 0.964 bits per heavy atom. The third-order valence-corrected chi connectivity index (χ3v) is 5.89. The second-order valence-electron chi connectivity index (χ2n) is 7.74. The zero-order chi connectivity index (χ0) is 19.7. The molecular weight excluding hydrogens is 367 g/mol. The van der Waals surface area contributed by atoms with Gasteiger partial charge in [0.1, 0.15) is 24.0 Å². The summed E-state index contributed by atoms with van der Waals surface area (Å²) in [7, 11) is 0. The molecule has 4 nitrogen and oxygen atoms in total. The molecule has 4 rings (SSSR count). The third kappa shape index (κ3) is 4.14. The molecule has 2 aliphatic rings. The first-order valence-corrected chi connectivity index (χ1v) is 9.60. The van der Waals surface area contributed by atoms with Crippen molar-refractivity contribution in [1.29, 1.82) is 0 Å². The van der Waals surface area contributed by atoms with Crippen molar-refractivity contribution in [2.45, 2.75) is 50.4 Å². The average molecular weight is 390 g/mol. The molecule has 2 saturated heterocycles. The van der Waals surface area contributed by atoms with Gasteiger partial charge in [-0.25, -0.2) is 18.0 Å². The summed E-state index contributed by atoms with van der Waals surface area (Å²) >= 11 is 0. The standard InChI is InChI=1S/C21H22F3N3O/c22-14-3-1-13(2-4-14)12-27-17-6-7-18(27)11-16(10-17)25-21(28)26-20-8-5-15(23)9-19(20)24/h1-5,8-9,16-18H,6-7,10-12H2,(H2,25,26,28)/p+1/t16?,17-,18+. The quantitative estimate of drug-likeness (QED) is 0.739. The summed E-state index contributed by atoms with van der Waals surface area (Å²) in [4.78, 5) is 13.7. The van der Waals surface area contributed by atoms with Crippen molar-refractivity contribution in [2.24, 2.45) is 0 Å². The summed E-state index contributed by atoms with van der Waals surface area (Å²) in [5.41, 5.74) is 1.07. The molecule has 0 spiro atoms. The van der Waals surface area contributed by atoms with E-state index in [9.17, 15) is 18.0 Å². The summed E-state index contributed by atoms with van der Waals surface area (Å²) in [5, 5.41) is 5.39. The van der Waals surface area contributed by atoms with E-state index in [0.717, 1.165) is 49.9 Å². The number of halogens is 3. The molecule has 0 aliphatic carbocycles. The molecular formula is C21H23F3N3O+. The summed E-state index contributed by atoms with van der Waals surface area (Å²) in [6, 6.07) is 10.1. The summed E-state index contributed by atoms with van der Waals surface area (Å²) in [5.74, 6) is -1.71. The maximum absolute atomic E-state index is 13.7. The van der Waals surface area contributed by atoms with Gasteiger partial charge in [-0.1, -0.05) is 12.1 Å². The van der Waals surface area contributed by atoms with Gasteiger partial charge in [0.05, 0.1) is 17.8 Å². The maximum atomic E-state index is 13.7. The highest BCUT2D eigenvalue weighted by Gasteiger charge is 2.44. The number of hydrogen-bond donors (Lipinski definition) is 3. The molecule has 2 bridgehead atoms. The minimum atomic E-state index is -0.797. The predicted molar refractivity (Wildman–Crippen MR) is 99.4 cm³/mol. The second-order valence-corrected chi connectivity index (χ2v) is 7.74. The lowest BCUT2D eigenvalue weighted by molar-refractivity contribution is -0.954. The first kappa shape index (κ1) is 18.8. The maximum Gasteiger partial charge on any atom is 0.319 e. The van der Waals surface area contributed by atoms with Crippen molar-refractivity contribution < 1.29 is 22.9 Å². The van der Waals surface area contributed by atoms with E-state index in [1.165, 1.54) is 23.1 Å². The Bertz CT molecular complexity index is 844. The van der Waals surface area contributed by atoms with Crippen LogP contribution in [0.3, 0.4) is 0 Å². The second kappa shape index (κ2) is 7.83. The number of carbonyl (C=O) groups is 1. The molecule has 0 aromatic heterocycles. The number of urea groups is 1. The largest absolute Gasteiger partial charge is 0.335 e. The van der Waals surface area contributed by atoms with Gasteiger partial charge in [0.2, 0.25) is 0 Å².